The molecule has 2 atom stereocenters. The molecule has 1 fully saturated rings. The fourth-order valence-electron chi connectivity index (χ4n) is 1.46. The van der Waals surface area contributed by atoms with Gasteiger partial charge in [-0.15, -0.1) is 0 Å². The molecule has 1 aliphatic heterocycles. The minimum atomic E-state index is -4.22. The molecule has 2 N–H and O–H groups in total. The summed E-state index contributed by atoms with van der Waals surface area (Å²) in [6, 6.07) is 0. The van der Waals surface area contributed by atoms with E-state index >= 15 is 0 Å². The van der Waals surface area contributed by atoms with Crippen molar-refractivity contribution in [1.82, 2.24) is 4.90 Å². The molecule has 0 spiro atoms. The Labute approximate surface area is 98.6 Å². The second-order valence-corrected chi connectivity index (χ2v) is 4.27. The van der Waals surface area contributed by atoms with Crippen LogP contribution in [0.1, 0.15) is 13.8 Å². The van der Waals surface area contributed by atoms with Crippen LogP contribution >= 0.6 is 0 Å². The maximum absolute atomic E-state index is 12.3. The molecule has 1 rings (SSSR count). The van der Waals surface area contributed by atoms with Crippen molar-refractivity contribution >= 4 is 5.96 Å². The quantitative estimate of drug-likeness (QED) is 0.594. The summed E-state index contributed by atoms with van der Waals surface area (Å²) >= 11 is 0. The van der Waals surface area contributed by atoms with E-state index in [0.717, 1.165) is 6.92 Å². The van der Waals surface area contributed by atoms with Crippen LogP contribution in [-0.2, 0) is 4.74 Å². The van der Waals surface area contributed by atoms with Gasteiger partial charge in [0.25, 0.3) is 0 Å². The highest BCUT2D eigenvalue weighted by Gasteiger charge is 2.35. The zero-order valence-corrected chi connectivity index (χ0v) is 10.00. The number of nitrogens with two attached hydrogens (primary N) is 1. The van der Waals surface area contributed by atoms with Crippen LogP contribution in [-0.4, -0.2) is 49.4 Å². The molecule has 1 heterocycles. The first-order chi connectivity index (χ1) is 7.80. The maximum atomic E-state index is 12.3. The van der Waals surface area contributed by atoms with Gasteiger partial charge < -0.3 is 15.4 Å². The second-order valence-electron chi connectivity index (χ2n) is 4.27. The molecule has 0 aliphatic carbocycles. The Balaban J connectivity index is 2.48. The summed E-state index contributed by atoms with van der Waals surface area (Å²) in [5.41, 5.74) is 5.66. The molecular formula is C10H18F3N3O. The zero-order chi connectivity index (χ0) is 13.1. The summed E-state index contributed by atoms with van der Waals surface area (Å²) in [6.45, 7) is 4.31. The Kier molecular flexibility index (Phi) is 4.62. The third-order valence-electron chi connectivity index (χ3n) is 2.65. The molecule has 7 heteroatoms. The molecule has 17 heavy (non-hydrogen) atoms. The Morgan fingerprint density at radius 1 is 1.59 bits per heavy atom. The van der Waals surface area contributed by atoms with Crippen LogP contribution in [0.4, 0.5) is 13.2 Å². The normalized spacial score (nSPS) is 24.9. The van der Waals surface area contributed by atoms with Crippen LogP contribution in [0.5, 0.6) is 0 Å². The summed E-state index contributed by atoms with van der Waals surface area (Å²) in [7, 11) is 0. The standard InChI is InChI=1S/C10H18F3N3O/c1-7(10(11,12)13)5-15-9(14)16-3-4-17-8(2)6-16/h7-8H,3-6H2,1-2H3,(H2,14,15). The average Bonchev–Trinajstić information content (AvgIpc) is 2.24. The molecule has 0 aromatic carbocycles. The van der Waals surface area contributed by atoms with E-state index in [1.54, 1.807) is 4.90 Å². The lowest BCUT2D eigenvalue weighted by Crippen LogP contribution is -2.48. The molecule has 0 bridgehead atoms. The number of hydrogen-bond acceptors (Lipinski definition) is 2. The van der Waals surface area contributed by atoms with Gasteiger partial charge in [0.2, 0.25) is 0 Å². The average molecular weight is 253 g/mol. The first-order valence-corrected chi connectivity index (χ1v) is 5.54. The molecule has 2 unspecified atom stereocenters. The molecule has 0 amide bonds. The Hall–Kier alpha value is -0.980. The van der Waals surface area contributed by atoms with E-state index in [1.807, 2.05) is 6.92 Å². The van der Waals surface area contributed by atoms with Crippen LogP contribution < -0.4 is 5.73 Å². The first-order valence-electron chi connectivity index (χ1n) is 5.54. The summed E-state index contributed by atoms with van der Waals surface area (Å²) in [5.74, 6) is -1.31. The van der Waals surface area contributed by atoms with Crippen LogP contribution in [0, 0.1) is 5.92 Å². The van der Waals surface area contributed by atoms with Crippen molar-refractivity contribution in [2.24, 2.45) is 16.6 Å². The number of halogens is 3. The maximum Gasteiger partial charge on any atom is 0.393 e. The summed E-state index contributed by atoms with van der Waals surface area (Å²) < 4.78 is 42.1. The largest absolute Gasteiger partial charge is 0.393 e. The number of aliphatic imine (C=N–C) groups is 1. The van der Waals surface area contributed by atoms with E-state index in [0.29, 0.717) is 19.7 Å². The molecule has 0 saturated carbocycles. The molecule has 1 aliphatic rings. The van der Waals surface area contributed by atoms with Gasteiger partial charge in [-0.2, -0.15) is 13.2 Å². The number of ether oxygens (including phenoxy) is 1. The number of morpholine rings is 1. The van der Waals surface area contributed by atoms with Gasteiger partial charge in [-0.25, -0.2) is 0 Å². The summed E-state index contributed by atoms with van der Waals surface area (Å²) in [5, 5.41) is 0. The van der Waals surface area contributed by atoms with E-state index in [1.165, 1.54) is 0 Å². The Bertz CT molecular complexity index is 280. The summed E-state index contributed by atoms with van der Waals surface area (Å²) in [4.78, 5) is 5.54. The zero-order valence-electron chi connectivity index (χ0n) is 10.00. The topological polar surface area (TPSA) is 50.8 Å². The SMILES string of the molecule is CC1CN(C(N)=NCC(C)C(F)(F)F)CCO1. The highest BCUT2D eigenvalue weighted by molar-refractivity contribution is 5.78. The molecule has 4 nitrogen and oxygen atoms in total. The Morgan fingerprint density at radius 2 is 2.24 bits per heavy atom. The van der Waals surface area contributed by atoms with Crippen molar-refractivity contribution < 1.29 is 17.9 Å². The van der Waals surface area contributed by atoms with E-state index in [2.05, 4.69) is 4.99 Å². The van der Waals surface area contributed by atoms with E-state index < -0.39 is 12.1 Å². The molecule has 0 aromatic heterocycles. The first kappa shape index (κ1) is 14.1. The molecule has 0 radical (unpaired) electrons. The van der Waals surface area contributed by atoms with Gasteiger partial charge in [0.15, 0.2) is 5.96 Å². The number of alkyl halides is 3. The minimum absolute atomic E-state index is 0.0255. The van der Waals surface area contributed by atoms with Gasteiger partial charge in [-0.05, 0) is 6.92 Å². The van der Waals surface area contributed by atoms with Crippen molar-refractivity contribution in [3.8, 4) is 0 Å². The lowest BCUT2D eigenvalue weighted by atomic mass is 10.2. The monoisotopic (exact) mass is 253 g/mol. The predicted octanol–water partition coefficient (Wildman–Crippen LogP) is 1.22. The molecule has 1 saturated heterocycles. The number of rotatable bonds is 2. The number of hydrogen-bond donors (Lipinski definition) is 1. The van der Waals surface area contributed by atoms with E-state index in [-0.39, 0.29) is 18.6 Å². The minimum Gasteiger partial charge on any atom is -0.375 e. The third kappa shape index (κ3) is 4.41. The van der Waals surface area contributed by atoms with Crippen LogP contribution in [0.2, 0.25) is 0 Å². The molecule has 0 aromatic rings. The van der Waals surface area contributed by atoms with Crippen molar-refractivity contribution in [2.45, 2.75) is 26.1 Å². The van der Waals surface area contributed by atoms with E-state index in [4.69, 9.17) is 10.5 Å². The molecule has 100 valence electrons. The van der Waals surface area contributed by atoms with Gasteiger partial charge in [-0.3, -0.25) is 4.99 Å². The highest BCUT2D eigenvalue weighted by Crippen LogP contribution is 2.25. The fraction of sp³-hybridized carbons (Fsp3) is 0.900. The second kappa shape index (κ2) is 5.57. The molecular weight excluding hydrogens is 235 g/mol. The van der Waals surface area contributed by atoms with Gasteiger partial charge >= 0.3 is 6.18 Å². The third-order valence-corrected chi connectivity index (χ3v) is 2.65. The van der Waals surface area contributed by atoms with Gasteiger partial charge in [-0.1, -0.05) is 6.92 Å². The smallest absolute Gasteiger partial charge is 0.375 e. The van der Waals surface area contributed by atoms with Gasteiger partial charge in [0.1, 0.15) is 0 Å². The lowest BCUT2D eigenvalue weighted by molar-refractivity contribution is -0.166. The van der Waals surface area contributed by atoms with Crippen molar-refractivity contribution in [3.05, 3.63) is 0 Å². The highest BCUT2D eigenvalue weighted by atomic mass is 19.4. The van der Waals surface area contributed by atoms with Crippen molar-refractivity contribution in [1.29, 1.82) is 0 Å². The van der Waals surface area contributed by atoms with E-state index in [9.17, 15) is 13.2 Å². The number of nitrogens with zero attached hydrogens (tertiary/aromatic N) is 2. The van der Waals surface area contributed by atoms with Crippen molar-refractivity contribution in [2.75, 3.05) is 26.2 Å². The number of guanidine groups is 1. The Morgan fingerprint density at radius 3 is 2.76 bits per heavy atom. The van der Waals surface area contributed by atoms with Crippen molar-refractivity contribution in [3.63, 3.8) is 0 Å². The summed E-state index contributed by atoms with van der Waals surface area (Å²) in [6.07, 6.45) is -4.19. The van der Waals surface area contributed by atoms with Gasteiger partial charge in [0.05, 0.1) is 25.2 Å². The van der Waals surface area contributed by atoms with Crippen LogP contribution in [0.25, 0.3) is 0 Å². The predicted molar refractivity (Wildman–Crippen MR) is 58.7 cm³/mol. The van der Waals surface area contributed by atoms with Crippen LogP contribution in [0.15, 0.2) is 4.99 Å². The lowest BCUT2D eigenvalue weighted by Gasteiger charge is -2.32. The fourth-order valence-corrected chi connectivity index (χ4v) is 1.46. The van der Waals surface area contributed by atoms with Crippen LogP contribution in [0.3, 0.4) is 0 Å². The van der Waals surface area contributed by atoms with Gasteiger partial charge in [0, 0.05) is 13.1 Å².